The van der Waals surface area contributed by atoms with Gasteiger partial charge in [0.15, 0.2) is 0 Å². The quantitative estimate of drug-likeness (QED) is 0.778. The Bertz CT molecular complexity index is 695. The summed E-state index contributed by atoms with van der Waals surface area (Å²) in [5, 5.41) is 4.33. The van der Waals surface area contributed by atoms with E-state index in [1.807, 2.05) is 12.1 Å². The van der Waals surface area contributed by atoms with Crippen LogP contribution in [0, 0.1) is 5.92 Å². The molecule has 118 valence electrons. The van der Waals surface area contributed by atoms with Crippen LogP contribution >= 0.6 is 0 Å². The topological polar surface area (TPSA) is 53.5 Å². The normalized spacial score (nSPS) is 15.0. The molecule has 0 saturated heterocycles. The summed E-state index contributed by atoms with van der Waals surface area (Å²) in [6, 6.07) is 3.85. The van der Waals surface area contributed by atoms with Crippen LogP contribution in [0.1, 0.15) is 32.1 Å². The summed E-state index contributed by atoms with van der Waals surface area (Å²) >= 11 is 0.0105. The van der Waals surface area contributed by atoms with Gasteiger partial charge in [-0.2, -0.15) is 0 Å². The zero-order valence-electron chi connectivity index (χ0n) is 13.5. The van der Waals surface area contributed by atoms with Crippen LogP contribution in [0.15, 0.2) is 12.1 Å². The third kappa shape index (κ3) is 2.61. The third-order valence-corrected chi connectivity index (χ3v) is 5.66. The Morgan fingerprint density at radius 2 is 2.05 bits per heavy atom. The number of rotatable bonds is 4. The molecule has 0 unspecified atom stereocenters. The zero-order valence-corrected chi connectivity index (χ0v) is 15.2. The van der Waals surface area contributed by atoms with Gasteiger partial charge in [0.25, 0.3) is 0 Å². The summed E-state index contributed by atoms with van der Waals surface area (Å²) in [7, 11) is 1.65. The Labute approximate surface area is 136 Å². The van der Waals surface area contributed by atoms with E-state index in [-0.39, 0.29) is 20.3 Å². The van der Waals surface area contributed by atoms with Gasteiger partial charge in [-0.05, 0) is 0 Å². The van der Waals surface area contributed by atoms with E-state index >= 15 is 0 Å². The van der Waals surface area contributed by atoms with Crippen LogP contribution in [-0.4, -0.2) is 37.6 Å². The molecule has 0 spiro atoms. The first kappa shape index (κ1) is 15.4. The average molecular weight is 367 g/mol. The standard InChI is InChI=1S/C16H20N2O3Se/c1-9(2)8-20-13-7-11-10(6-12(13)19-5)14-15(22-18-17-14)16(3,4)21-11/h6-7,9H,8H2,1-5H3. The molecule has 1 aliphatic heterocycles. The second-order valence-corrected chi connectivity index (χ2v) is 7.85. The minimum atomic E-state index is -0.379. The number of benzene rings is 1. The van der Waals surface area contributed by atoms with Crippen molar-refractivity contribution < 1.29 is 14.2 Å². The summed E-state index contributed by atoms with van der Waals surface area (Å²) in [6.45, 7) is 8.98. The number of hydrogen-bond donors (Lipinski definition) is 0. The van der Waals surface area contributed by atoms with E-state index in [2.05, 4.69) is 36.9 Å². The fraction of sp³-hybridized carbons (Fsp3) is 0.500. The first-order valence-electron chi connectivity index (χ1n) is 7.29. The molecule has 0 saturated carbocycles. The van der Waals surface area contributed by atoms with Crippen molar-refractivity contribution in [2.24, 2.45) is 5.92 Å². The summed E-state index contributed by atoms with van der Waals surface area (Å²) in [4.78, 5) is 0. The van der Waals surface area contributed by atoms with E-state index in [9.17, 15) is 0 Å². The van der Waals surface area contributed by atoms with Gasteiger partial charge in [0, 0.05) is 0 Å². The molecule has 0 atom stereocenters. The SMILES string of the molecule is COc1cc2c(cc1OCC(C)C)OC(C)(C)c1[se]nnc1-2. The van der Waals surface area contributed by atoms with Crippen molar-refractivity contribution in [3.05, 3.63) is 16.6 Å². The molecule has 0 N–H and O–H groups in total. The predicted octanol–water partition coefficient (Wildman–Crippen LogP) is 2.87. The van der Waals surface area contributed by atoms with Crippen LogP contribution in [0.25, 0.3) is 11.3 Å². The van der Waals surface area contributed by atoms with E-state index in [1.165, 1.54) is 4.44 Å². The van der Waals surface area contributed by atoms with Gasteiger partial charge >= 0.3 is 136 Å². The first-order valence-corrected chi connectivity index (χ1v) is 8.91. The van der Waals surface area contributed by atoms with E-state index in [0.29, 0.717) is 24.0 Å². The molecule has 2 aromatic rings. The second-order valence-electron chi connectivity index (χ2n) is 6.27. The summed E-state index contributed by atoms with van der Waals surface area (Å²) in [6.07, 6.45) is 0. The van der Waals surface area contributed by atoms with Gasteiger partial charge in [-0.25, -0.2) is 0 Å². The Morgan fingerprint density at radius 3 is 2.73 bits per heavy atom. The van der Waals surface area contributed by atoms with Crippen molar-refractivity contribution in [3.8, 4) is 28.5 Å². The second kappa shape index (κ2) is 5.60. The molecule has 0 fully saturated rings. The number of fused-ring (bicyclic) bond motifs is 3. The molecule has 22 heavy (non-hydrogen) atoms. The van der Waals surface area contributed by atoms with E-state index in [1.54, 1.807) is 7.11 Å². The van der Waals surface area contributed by atoms with Crippen LogP contribution < -0.4 is 14.2 Å². The molecule has 6 heteroatoms. The van der Waals surface area contributed by atoms with Crippen LogP contribution in [0.5, 0.6) is 17.2 Å². The van der Waals surface area contributed by atoms with Crippen LogP contribution in [-0.2, 0) is 5.60 Å². The zero-order chi connectivity index (χ0) is 15.9. The Balaban J connectivity index is 2.07. The van der Waals surface area contributed by atoms with Crippen molar-refractivity contribution >= 4 is 14.7 Å². The number of aromatic nitrogens is 2. The molecule has 0 bridgehead atoms. The van der Waals surface area contributed by atoms with E-state index in [4.69, 9.17) is 14.2 Å². The van der Waals surface area contributed by atoms with Crippen molar-refractivity contribution in [1.29, 1.82) is 0 Å². The minimum absolute atomic E-state index is 0.0105. The van der Waals surface area contributed by atoms with Crippen molar-refractivity contribution in [3.63, 3.8) is 0 Å². The monoisotopic (exact) mass is 368 g/mol. The van der Waals surface area contributed by atoms with Gasteiger partial charge in [-0.15, -0.1) is 0 Å². The summed E-state index contributed by atoms with van der Waals surface area (Å²) in [5.41, 5.74) is 1.49. The maximum atomic E-state index is 6.18. The summed E-state index contributed by atoms with van der Waals surface area (Å²) < 4.78 is 22.9. The molecule has 1 aromatic heterocycles. The van der Waals surface area contributed by atoms with Crippen molar-refractivity contribution in [2.75, 3.05) is 13.7 Å². The predicted molar refractivity (Wildman–Crippen MR) is 84.9 cm³/mol. The molecular weight excluding hydrogens is 347 g/mol. The molecule has 3 rings (SSSR count). The van der Waals surface area contributed by atoms with Crippen molar-refractivity contribution in [2.45, 2.75) is 33.3 Å². The number of hydrogen-bond acceptors (Lipinski definition) is 5. The Morgan fingerprint density at radius 1 is 1.27 bits per heavy atom. The van der Waals surface area contributed by atoms with Crippen LogP contribution in [0.2, 0.25) is 0 Å². The summed E-state index contributed by atoms with van der Waals surface area (Å²) in [5.74, 6) is 2.62. The molecule has 1 aliphatic rings. The Kier molecular flexibility index (Phi) is 3.91. The molecule has 1 aromatic carbocycles. The number of nitrogens with zero attached hydrogens (tertiary/aromatic N) is 2. The number of ether oxygens (including phenoxy) is 3. The fourth-order valence-corrected chi connectivity index (χ4v) is 3.90. The van der Waals surface area contributed by atoms with Crippen molar-refractivity contribution in [1.82, 2.24) is 9.19 Å². The maximum absolute atomic E-state index is 6.18. The van der Waals surface area contributed by atoms with Crippen LogP contribution in [0.4, 0.5) is 0 Å². The molecule has 0 amide bonds. The number of methoxy groups -OCH3 is 1. The van der Waals surface area contributed by atoms with Gasteiger partial charge in [-0.1, -0.05) is 0 Å². The van der Waals surface area contributed by atoms with Gasteiger partial charge < -0.3 is 0 Å². The molecule has 0 radical (unpaired) electrons. The van der Waals surface area contributed by atoms with Crippen LogP contribution in [0.3, 0.4) is 0 Å². The Hall–Kier alpha value is -1.52. The van der Waals surface area contributed by atoms with Gasteiger partial charge in [0.05, 0.1) is 0 Å². The van der Waals surface area contributed by atoms with E-state index in [0.717, 1.165) is 17.0 Å². The fourth-order valence-electron chi connectivity index (χ4n) is 2.42. The molecular formula is C16H20N2O3Se. The average Bonchev–Trinajstić information content (AvgIpc) is 2.94. The molecule has 0 aliphatic carbocycles. The van der Waals surface area contributed by atoms with Gasteiger partial charge in [-0.3, -0.25) is 0 Å². The van der Waals surface area contributed by atoms with Gasteiger partial charge in [0.1, 0.15) is 0 Å². The van der Waals surface area contributed by atoms with Gasteiger partial charge in [0.2, 0.25) is 0 Å². The third-order valence-electron chi connectivity index (χ3n) is 3.49. The molecule has 2 heterocycles. The van der Waals surface area contributed by atoms with E-state index < -0.39 is 0 Å². The molecule has 5 nitrogen and oxygen atoms in total. The first-order chi connectivity index (χ1) is 10.4.